The van der Waals surface area contributed by atoms with Crippen molar-refractivity contribution in [1.82, 2.24) is 0 Å². The van der Waals surface area contributed by atoms with Gasteiger partial charge in [0.1, 0.15) is 6.16 Å². The summed E-state index contributed by atoms with van der Waals surface area (Å²) in [4.78, 5) is 10.8. The zero-order chi connectivity index (χ0) is 10.3. The molecule has 0 aliphatic carbocycles. The summed E-state index contributed by atoms with van der Waals surface area (Å²) in [6, 6.07) is 0. The minimum absolute atomic E-state index is 0.244. The molecule has 0 radical (unpaired) electrons. The van der Waals surface area contributed by atoms with Crippen molar-refractivity contribution in [2.45, 2.75) is 13.8 Å². The van der Waals surface area contributed by atoms with Gasteiger partial charge in [-0.1, -0.05) is 0 Å². The van der Waals surface area contributed by atoms with E-state index >= 15 is 0 Å². The van der Waals surface area contributed by atoms with E-state index in [0.29, 0.717) is 0 Å². The first-order chi connectivity index (χ1) is 6.08. The third-order valence-corrected chi connectivity index (χ3v) is 3.15. The largest absolute Gasteiger partial charge is 0.469 e. The monoisotopic (exact) mass is 210 g/mol. The Morgan fingerprint density at radius 1 is 1.23 bits per heavy atom. The van der Waals surface area contributed by atoms with Crippen LogP contribution in [0.1, 0.15) is 13.8 Å². The quantitative estimate of drug-likeness (QED) is 0.490. The highest BCUT2D eigenvalue weighted by Crippen LogP contribution is 2.47. The average Bonchev–Trinajstić information content (AvgIpc) is 2.04. The molecule has 13 heavy (non-hydrogen) atoms. The first-order valence-electron chi connectivity index (χ1n) is 4.03. The molecule has 6 heteroatoms. The van der Waals surface area contributed by atoms with E-state index in [2.05, 4.69) is 4.74 Å². The van der Waals surface area contributed by atoms with Crippen LogP contribution in [0.15, 0.2) is 0 Å². The van der Waals surface area contributed by atoms with Gasteiger partial charge >= 0.3 is 13.6 Å². The van der Waals surface area contributed by atoms with Gasteiger partial charge in [-0.25, -0.2) is 0 Å². The maximum Gasteiger partial charge on any atom is 0.341 e. The maximum atomic E-state index is 11.6. The molecule has 0 fully saturated rings. The fourth-order valence-corrected chi connectivity index (χ4v) is 2.23. The lowest BCUT2D eigenvalue weighted by molar-refractivity contribution is -0.137. The van der Waals surface area contributed by atoms with E-state index < -0.39 is 13.6 Å². The number of rotatable bonds is 6. The normalized spacial score (nSPS) is 11.3. The van der Waals surface area contributed by atoms with Crippen LogP contribution < -0.4 is 0 Å². The van der Waals surface area contributed by atoms with E-state index in [1.54, 1.807) is 13.8 Å². The smallest absolute Gasteiger partial charge is 0.341 e. The van der Waals surface area contributed by atoms with E-state index in [1.807, 2.05) is 0 Å². The van der Waals surface area contributed by atoms with E-state index in [-0.39, 0.29) is 19.4 Å². The molecule has 0 atom stereocenters. The lowest BCUT2D eigenvalue weighted by Gasteiger charge is -2.15. The standard InChI is InChI=1S/C7H15O5P/c1-4-11-13(9,12-5-2)6-7(8)10-3/h4-6H2,1-3H3/i7+0. The number of carbonyl (C=O) groups is 1. The molecule has 5 nitrogen and oxygen atoms in total. The number of esters is 1. The van der Waals surface area contributed by atoms with Crippen LogP contribution in [0.4, 0.5) is 0 Å². The van der Waals surface area contributed by atoms with Gasteiger partial charge in [-0.05, 0) is 13.8 Å². The van der Waals surface area contributed by atoms with Crippen molar-refractivity contribution in [3.63, 3.8) is 0 Å². The van der Waals surface area contributed by atoms with Crippen LogP contribution in [0.3, 0.4) is 0 Å². The Morgan fingerprint density at radius 2 is 1.69 bits per heavy atom. The van der Waals surface area contributed by atoms with E-state index in [0.717, 1.165) is 0 Å². The van der Waals surface area contributed by atoms with Crippen LogP contribution in [-0.2, 0) is 23.1 Å². The molecule has 0 bridgehead atoms. The third-order valence-electron chi connectivity index (χ3n) is 1.20. The van der Waals surface area contributed by atoms with Gasteiger partial charge in [-0.15, -0.1) is 0 Å². The van der Waals surface area contributed by atoms with Crippen molar-refractivity contribution in [3.8, 4) is 0 Å². The predicted octanol–water partition coefficient (Wildman–Crippen LogP) is 1.43. The van der Waals surface area contributed by atoms with E-state index in [4.69, 9.17) is 9.05 Å². The van der Waals surface area contributed by atoms with Crippen LogP contribution >= 0.6 is 7.60 Å². The van der Waals surface area contributed by atoms with Crippen molar-refractivity contribution < 1.29 is 23.1 Å². The SMILES string of the molecule is CCOP(=O)(C[12C](=O)OC)OCC. The zero-order valence-electron chi connectivity index (χ0n) is 8.11. The maximum absolute atomic E-state index is 11.6. The highest BCUT2D eigenvalue weighted by Gasteiger charge is 2.27. The van der Waals surface area contributed by atoms with Crippen molar-refractivity contribution in [2.75, 3.05) is 26.5 Å². The van der Waals surface area contributed by atoms with E-state index in [9.17, 15) is 9.36 Å². The molecule has 0 heterocycles. The molecule has 0 saturated heterocycles. The molecule has 0 saturated carbocycles. The molecule has 0 aromatic rings. The van der Waals surface area contributed by atoms with Gasteiger partial charge < -0.3 is 13.8 Å². The Balaban J connectivity index is 4.23. The van der Waals surface area contributed by atoms with Crippen molar-refractivity contribution in [2.24, 2.45) is 0 Å². The summed E-state index contributed by atoms with van der Waals surface area (Å²) in [5, 5.41) is 0. The summed E-state index contributed by atoms with van der Waals surface area (Å²) < 4.78 is 25.8. The molecule has 0 unspecified atom stereocenters. The predicted molar refractivity (Wildman–Crippen MR) is 47.7 cm³/mol. The summed E-state index contributed by atoms with van der Waals surface area (Å²) in [6.45, 7) is 3.86. The Morgan fingerprint density at radius 3 is 2.00 bits per heavy atom. The molecule has 0 rings (SSSR count). The number of ether oxygens (including phenoxy) is 1. The van der Waals surface area contributed by atoms with Crippen LogP contribution in [-0.4, -0.2) is 32.5 Å². The molecule has 0 amide bonds. The van der Waals surface area contributed by atoms with Gasteiger partial charge in [-0.3, -0.25) is 9.36 Å². The van der Waals surface area contributed by atoms with Gasteiger partial charge in [0.05, 0.1) is 20.3 Å². The van der Waals surface area contributed by atoms with E-state index in [1.165, 1.54) is 7.11 Å². The minimum Gasteiger partial charge on any atom is -0.469 e. The fourth-order valence-electron chi connectivity index (χ4n) is 0.745. The molecule has 0 aliphatic rings. The summed E-state index contributed by atoms with van der Waals surface area (Å²) in [5.74, 6) is -0.592. The first-order valence-corrected chi connectivity index (χ1v) is 5.75. The Bertz CT molecular complexity index is 193. The van der Waals surface area contributed by atoms with Gasteiger partial charge in [0.2, 0.25) is 0 Å². The first kappa shape index (κ1) is 12.6. The van der Waals surface area contributed by atoms with Crippen LogP contribution in [0.2, 0.25) is 0 Å². The summed E-state index contributed by atoms with van der Waals surface area (Å²) >= 11 is 0. The molecular formula is C7H15O5P. The molecule has 78 valence electrons. The Kier molecular flexibility index (Phi) is 5.95. The molecule has 0 aromatic carbocycles. The molecule has 0 spiro atoms. The number of hydrogen-bond acceptors (Lipinski definition) is 5. The second-order valence-corrected chi connectivity index (χ2v) is 4.24. The average molecular weight is 210 g/mol. The Labute approximate surface area is 77.9 Å². The second kappa shape index (κ2) is 6.13. The molecule has 0 aliphatic heterocycles. The van der Waals surface area contributed by atoms with Gasteiger partial charge in [0, 0.05) is 0 Å². The lowest BCUT2D eigenvalue weighted by Crippen LogP contribution is -2.11. The molecule has 0 N–H and O–H groups in total. The fraction of sp³-hybridized carbons (Fsp3) is 0.857. The highest BCUT2D eigenvalue weighted by molar-refractivity contribution is 7.54. The summed E-state index contributed by atoms with van der Waals surface area (Å²) in [7, 11) is -2.04. The summed E-state index contributed by atoms with van der Waals surface area (Å²) in [5.41, 5.74) is 0. The van der Waals surface area contributed by atoms with Crippen molar-refractivity contribution in [3.05, 3.63) is 0 Å². The van der Waals surface area contributed by atoms with Crippen LogP contribution in [0.5, 0.6) is 0 Å². The topological polar surface area (TPSA) is 61.8 Å². The van der Waals surface area contributed by atoms with Gasteiger partial charge in [-0.2, -0.15) is 0 Å². The number of methoxy groups -OCH3 is 1. The van der Waals surface area contributed by atoms with Crippen LogP contribution in [0.25, 0.3) is 0 Å². The number of hydrogen-bond donors (Lipinski definition) is 0. The molecular weight excluding hydrogens is 195 g/mol. The Hall–Kier alpha value is -0.380. The van der Waals surface area contributed by atoms with Crippen molar-refractivity contribution in [1.29, 1.82) is 0 Å². The van der Waals surface area contributed by atoms with Crippen LogP contribution in [0, 0.1) is 0 Å². The minimum atomic E-state index is -3.27. The second-order valence-electron chi connectivity index (χ2n) is 2.18. The van der Waals surface area contributed by atoms with Crippen molar-refractivity contribution >= 4 is 13.6 Å². The van der Waals surface area contributed by atoms with Gasteiger partial charge in [0.25, 0.3) is 0 Å². The highest BCUT2D eigenvalue weighted by atomic mass is 31.2. The number of carbonyl (C=O) groups excluding carboxylic acids is 1. The third kappa shape index (κ3) is 5.03. The molecule has 0 aromatic heterocycles. The summed E-state index contributed by atoms with van der Waals surface area (Å²) in [6.07, 6.45) is -0.328. The van der Waals surface area contributed by atoms with Gasteiger partial charge in [0.15, 0.2) is 0 Å². The lowest BCUT2D eigenvalue weighted by atomic mass is 10.8. The zero-order valence-corrected chi connectivity index (χ0v) is 9.00.